The Labute approximate surface area is 145 Å². The van der Waals surface area contributed by atoms with Gasteiger partial charge in [0.1, 0.15) is 11.8 Å². The molecule has 0 aliphatic rings. The Morgan fingerprint density at radius 3 is 2.36 bits per heavy atom. The van der Waals surface area contributed by atoms with Crippen LogP contribution in [0.2, 0.25) is 0 Å². The van der Waals surface area contributed by atoms with Crippen LogP contribution in [0.25, 0.3) is 0 Å². The van der Waals surface area contributed by atoms with Crippen molar-refractivity contribution in [2.75, 3.05) is 7.11 Å². The van der Waals surface area contributed by atoms with Crippen molar-refractivity contribution in [3.63, 3.8) is 0 Å². The number of nitrogens with zero attached hydrogens (tertiary/aromatic N) is 2. The maximum absolute atomic E-state index is 12.3. The first kappa shape index (κ1) is 18.9. The summed E-state index contributed by atoms with van der Waals surface area (Å²) in [5, 5.41) is 7.40. The predicted octanol–water partition coefficient (Wildman–Crippen LogP) is 1.36. The van der Waals surface area contributed by atoms with E-state index in [2.05, 4.69) is 14.9 Å². The van der Waals surface area contributed by atoms with Gasteiger partial charge in [0.15, 0.2) is 6.10 Å². The molecule has 0 fully saturated rings. The van der Waals surface area contributed by atoms with E-state index in [4.69, 9.17) is 13.9 Å². The van der Waals surface area contributed by atoms with Crippen molar-refractivity contribution < 1.29 is 27.1 Å². The highest BCUT2D eigenvalue weighted by Crippen LogP contribution is 2.18. The van der Waals surface area contributed by atoms with Gasteiger partial charge in [0.2, 0.25) is 15.9 Å². The zero-order chi connectivity index (χ0) is 18.6. The van der Waals surface area contributed by atoms with Gasteiger partial charge >= 0.3 is 5.97 Å². The largest absolute Gasteiger partial charge is 0.497 e. The number of hydrogen-bond donors (Lipinski definition) is 1. The third kappa shape index (κ3) is 4.77. The molecule has 0 radical (unpaired) electrons. The standard InChI is InChI=1S/C15H19N3O6S/c1-9(15(19)23-10(2)14-17-16-11(3)24-14)18-25(20,21)13-7-5-12(22-4)6-8-13/h5-10,18H,1-4H3/t9-,10?/m0/s1. The molecule has 10 heteroatoms. The fourth-order valence-corrected chi connectivity index (χ4v) is 3.10. The molecule has 2 aromatic rings. The van der Waals surface area contributed by atoms with Gasteiger partial charge in [0.25, 0.3) is 5.89 Å². The summed E-state index contributed by atoms with van der Waals surface area (Å²) >= 11 is 0. The number of sulfonamides is 1. The van der Waals surface area contributed by atoms with E-state index >= 15 is 0 Å². The first-order valence-corrected chi connectivity index (χ1v) is 8.88. The third-order valence-corrected chi connectivity index (χ3v) is 4.79. The second-order valence-electron chi connectivity index (χ2n) is 5.26. The number of nitrogens with one attached hydrogen (secondary N) is 1. The molecule has 0 spiro atoms. The van der Waals surface area contributed by atoms with E-state index in [0.717, 1.165) is 0 Å². The van der Waals surface area contributed by atoms with Crippen molar-refractivity contribution in [2.24, 2.45) is 0 Å². The van der Waals surface area contributed by atoms with Crippen molar-refractivity contribution in [3.8, 4) is 5.75 Å². The molecule has 2 rings (SSSR count). The third-order valence-electron chi connectivity index (χ3n) is 3.24. The van der Waals surface area contributed by atoms with E-state index < -0.39 is 28.1 Å². The van der Waals surface area contributed by atoms with Crippen LogP contribution in [0.5, 0.6) is 5.75 Å². The molecule has 1 aromatic carbocycles. The summed E-state index contributed by atoms with van der Waals surface area (Å²) < 4.78 is 42.2. The molecule has 0 saturated heterocycles. The Balaban J connectivity index is 2.01. The minimum Gasteiger partial charge on any atom is -0.497 e. The molecule has 1 heterocycles. The van der Waals surface area contributed by atoms with Gasteiger partial charge in [-0.15, -0.1) is 10.2 Å². The summed E-state index contributed by atoms with van der Waals surface area (Å²) in [4.78, 5) is 12.1. The minimum atomic E-state index is -3.88. The number of carbonyl (C=O) groups excluding carboxylic acids is 1. The monoisotopic (exact) mass is 369 g/mol. The maximum Gasteiger partial charge on any atom is 0.324 e. The Morgan fingerprint density at radius 2 is 1.84 bits per heavy atom. The number of hydrogen-bond acceptors (Lipinski definition) is 8. The zero-order valence-corrected chi connectivity index (χ0v) is 15.0. The van der Waals surface area contributed by atoms with Crippen LogP contribution >= 0.6 is 0 Å². The van der Waals surface area contributed by atoms with Gasteiger partial charge in [-0.1, -0.05) is 0 Å². The fraction of sp³-hybridized carbons (Fsp3) is 0.400. The van der Waals surface area contributed by atoms with E-state index in [-0.39, 0.29) is 10.8 Å². The van der Waals surface area contributed by atoms with Gasteiger partial charge in [0, 0.05) is 6.92 Å². The lowest BCUT2D eigenvalue weighted by molar-refractivity contribution is -0.151. The van der Waals surface area contributed by atoms with E-state index in [9.17, 15) is 13.2 Å². The average molecular weight is 369 g/mol. The van der Waals surface area contributed by atoms with E-state index in [1.54, 1.807) is 13.8 Å². The van der Waals surface area contributed by atoms with E-state index in [1.165, 1.54) is 38.3 Å². The predicted molar refractivity (Wildman–Crippen MR) is 86.3 cm³/mol. The van der Waals surface area contributed by atoms with Crippen molar-refractivity contribution in [2.45, 2.75) is 37.8 Å². The van der Waals surface area contributed by atoms with Crippen LogP contribution in [0.15, 0.2) is 33.6 Å². The smallest absolute Gasteiger partial charge is 0.324 e. The number of esters is 1. The number of carbonyl (C=O) groups is 1. The first-order chi connectivity index (χ1) is 11.7. The lowest BCUT2D eigenvalue weighted by Crippen LogP contribution is -2.39. The normalized spacial score (nSPS) is 13.9. The van der Waals surface area contributed by atoms with Crippen LogP contribution < -0.4 is 9.46 Å². The van der Waals surface area contributed by atoms with Crippen LogP contribution in [0.3, 0.4) is 0 Å². The lowest BCUT2D eigenvalue weighted by atomic mass is 10.3. The van der Waals surface area contributed by atoms with Crippen LogP contribution in [0.1, 0.15) is 31.7 Å². The molecule has 1 aromatic heterocycles. The number of rotatable bonds is 7. The molecule has 0 aliphatic carbocycles. The molecule has 1 N–H and O–H groups in total. The topological polar surface area (TPSA) is 121 Å². The Bertz CT molecular complexity index is 831. The molecule has 2 atom stereocenters. The maximum atomic E-state index is 12.3. The highest BCUT2D eigenvalue weighted by atomic mass is 32.2. The number of methoxy groups -OCH3 is 1. The minimum absolute atomic E-state index is 0.00789. The highest BCUT2D eigenvalue weighted by molar-refractivity contribution is 7.89. The summed E-state index contributed by atoms with van der Waals surface area (Å²) in [5.41, 5.74) is 0. The summed E-state index contributed by atoms with van der Waals surface area (Å²) in [6.07, 6.45) is -0.790. The lowest BCUT2D eigenvalue weighted by Gasteiger charge is -2.16. The van der Waals surface area contributed by atoms with Crippen molar-refractivity contribution in [1.82, 2.24) is 14.9 Å². The molecule has 0 aliphatic heterocycles. The number of aromatic nitrogens is 2. The van der Waals surface area contributed by atoms with Gasteiger partial charge in [0.05, 0.1) is 12.0 Å². The Kier molecular flexibility index (Phi) is 5.75. The first-order valence-electron chi connectivity index (χ1n) is 7.40. The summed E-state index contributed by atoms with van der Waals surface area (Å²) in [7, 11) is -2.41. The second-order valence-corrected chi connectivity index (χ2v) is 6.97. The summed E-state index contributed by atoms with van der Waals surface area (Å²) in [6.45, 7) is 4.54. The van der Waals surface area contributed by atoms with Gasteiger partial charge in [-0.25, -0.2) is 8.42 Å². The SMILES string of the molecule is COc1ccc(S(=O)(=O)N[C@@H](C)C(=O)OC(C)c2nnc(C)o2)cc1. The van der Waals surface area contributed by atoms with Crippen molar-refractivity contribution in [3.05, 3.63) is 36.0 Å². The molecule has 0 amide bonds. The molecule has 136 valence electrons. The van der Waals surface area contributed by atoms with Gasteiger partial charge in [-0.05, 0) is 38.1 Å². The second kappa shape index (κ2) is 7.62. The zero-order valence-electron chi connectivity index (χ0n) is 14.2. The highest BCUT2D eigenvalue weighted by Gasteiger charge is 2.26. The molecular weight excluding hydrogens is 350 g/mol. The van der Waals surface area contributed by atoms with E-state index in [1.807, 2.05) is 0 Å². The summed E-state index contributed by atoms with van der Waals surface area (Å²) in [6, 6.07) is 4.68. The fourth-order valence-electron chi connectivity index (χ4n) is 1.91. The average Bonchev–Trinajstić information content (AvgIpc) is 3.01. The quantitative estimate of drug-likeness (QED) is 0.726. The molecule has 1 unspecified atom stereocenters. The number of ether oxygens (including phenoxy) is 2. The molecule has 9 nitrogen and oxygen atoms in total. The van der Waals surface area contributed by atoms with Crippen LogP contribution in [-0.2, 0) is 19.6 Å². The number of aryl methyl sites for hydroxylation is 1. The molecular formula is C15H19N3O6S. The van der Waals surface area contributed by atoms with Crippen molar-refractivity contribution in [1.29, 1.82) is 0 Å². The summed E-state index contributed by atoms with van der Waals surface area (Å²) in [5.74, 6) is 0.234. The van der Waals surface area contributed by atoms with Gasteiger partial charge < -0.3 is 13.9 Å². The van der Waals surface area contributed by atoms with Crippen molar-refractivity contribution >= 4 is 16.0 Å². The van der Waals surface area contributed by atoms with Gasteiger partial charge in [-0.3, -0.25) is 4.79 Å². The molecule has 25 heavy (non-hydrogen) atoms. The van der Waals surface area contributed by atoms with Crippen LogP contribution in [-0.4, -0.2) is 37.7 Å². The van der Waals surface area contributed by atoms with E-state index in [0.29, 0.717) is 11.6 Å². The van der Waals surface area contributed by atoms with Crippen LogP contribution in [0.4, 0.5) is 0 Å². The Hall–Kier alpha value is -2.46. The number of benzene rings is 1. The molecule has 0 saturated carbocycles. The molecule has 0 bridgehead atoms. The Morgan fingerprint density at radius 1 is 1.20 bits per heavy atom. The van der Waals surface area contributed by atoms with Crippen LogP contribution in [0, 0.1) is 6.92 Å². The van der Waals surface area contributed by atoms with Gasteiger partial charge in [-0.2, -0.15) is 4.72 Å².